The van der Waals surface area contributed by atoms with Crippen LogP contribution in [0.15, 0.2) is 24.3 Å². The highest BCUT2D eigenvalue weighted by atomic mass is 19.3. The molecule has 1 unspecified atom stereocenters. The number of halogens is 2. The van der Waals surface area contributed by atoms with E-state index < -0.39 is 13.0 Å². The van der Waals surface area contributed by atoms with E-state index in [1.54, 1.807) is 0 Å². The van der Waals surface area contributed by atoms with Gasteiger partial charge in [-0.25, -0.2) is 8.78 Å². The zero-order valence-corrected chi connectivity index (χ0v) is 11.0. The number of rotatable bonds is 8. The van der Waals surface area contributed by atoms with Gasteiger partial charge in [-0.05, 0) is 25.5 Å². The average molecular weight is 257 g/mol. The number of aryl methyl sites for hydroxylation is 1. The third kappa shape index (κ3) is 5.56. The van der Waals surface area contributed by atoms with Crippen molar-refractivity contribution in [2.24, 2.45) is 0 Å². The summed E-state index contributed by atoms with van der Waals surface area (Å²) in [6.07, 6.45) is -1.69. The molecule has 0 aliphatic rings. The molecular weight excluding hydrogens is 236 g/mol. The van der Waals surface area contributed by atoms with Crippen LogP contribution < -0.4 is 5.32 Å². The van der Waals surface area contributed by atoms with E-state index in [-0.39, 0.29) is 6.04 Å². The largest absolute Gasteiger partial charge is 0.375 e. The van der Waals surface area contributed by atoms with E-state index >= 15 is 0 Å². The third-order valence-electron chi connectivity index (χ3n) is 2.72. The second kappa shape index (κ2) is 8.16. The van der Waals surface area contributed by atoms with Crippen LogP contribution in [-0.2, 0) is 4.74 Å². The van der Waals surface area contributed by atoms with Crippen LogP contribution in [0.4, 0.5) is 8.78 Å². The Kier molecular flexibility index (Phi) is 6.83. The summed E-state index contributed by atoms with van der Waals surface area (Å²) in [6.45, 7) is 4.77. The molecule has 0 amide bonds. The zero-order valence-electron chi connectivity index (χ0n) is 11.0. The SMILES string of the molecule is CCNC(CCOCC(F)F)c1ccc(C)cc1. The number of benzene rings is 1. The summed E-state index contributed by atoms with van der Waals surface area (Å²) in [5.74, 6) is 0. The van der Waals surface area contributed by atoms with Crippen LogP contribution in [0.2, 0.25) is 0 Å². The van der Waals surface area contributed by atoms with Gasteiger partial charge in [0.2, 0.25) is 0 Å². The first-order chi connectivity index (χ1) is 8.63. The minimum absolute atomic E-state index is 0.160. The quantitative estimate of drug-likeness (QED) is 0.721. The lowest BCUT2D eigenvalue weighted by Crippen LogP contribution is -2.22. The predicted molar refractivity (Wildman–Crippen MR) is 69.0 cm³/mol. The van der Waals surface area contributed by atoms with Gasteiger partial charge in [0.1, 0.15) is 6.61 Å². The van der Waals surface area contributed by atoms with E-state index in [1.165, 1.54) is 11.1 Å². The molecule has 0 aliphatic heterocycles. The maximum atomic E-state index is 11.9. The molecule has 102 valence electrons. The summed E-state index contributed by atoms with van der Waals surface area (Å²) in [4.78, 5) is 0. The van der Waals surface area contributed by atoms with Crippen LogP contribution in [0.3, 0.4) is 0 Å². The van der Waals surface area contributed by atoms with Gasteiger partial charge in [-0.1, -0.05) is 36.8 Å². The molecule has 0 fully saturated rings. The minimum Gasteiger partial charge on any atom is -0.375 e. The second-order valence-corrected chi connectivity index (χ2v) is 4.28. The fourth-order valence-corrected chi connectivity index (χ4v) is 1.81. The molecule has 0 bridgehead atoms. The van der Waals surface area contributed by atoms with Crippen molar-refractivity contribution < 1.29 is 13.5 Å². The van der Waals surface area contributed by atoms with Gasteiger partial charge in [0.25, 0.3) is 6.43 Å². The highest BCUT2D eigenvalue weighted by molar-refractivity contribution is 5.24. The Balaban J connectivity index is 2.46. The Morgan fingerprint density at radius 2 is 1.89 bits per heavy atom. The van der Waals surface area contributed by atoms with Crippen molar-refractivity contribution in [3.63, 3.8) is 0 Å². The van der Waals surface area contributed by atoms with Crippen molar-refractivity contribution in [1.82, 2.24) is 5.32 Å². The summed E-state index contributed by atoms with van der Waals surface area (Å²) in [7, 11) is 0. The van der Waals surface area contributed by atoms with Crippen molar-refractivity contribution >= 4 is 0 Å². The van der Waals surface area contributed by atoms with Crippen LogP contribution in [0.1, 0.15) is 30.5 Å². The Morgan fingerprint density at radius 1 is 1.22 bits per heavy atom. The number of ether oxygens (including phenoxy) is 1. The monoisotopic (exact) mass is 257 g/mol. The summed E-state index contributed by atoms with van der Waals surface area (Å²) in [6, 6.07) is 8.40. The molecule has 0 spiro atoms. The molecule has 0 saturated carbocycles. The van der Waals surface area contributed by atoms with Gasteiger partial charge in [-0.3, -0.25) is 0 Å². The molecule has 1 N–H and O–H groups in total. The van der Waals surface area contributed by atoms with Crippen LogP contribution in [0.25, 0.3) is 0 Å². The van der Waals surface area contributed by atoms with Crippen molar-refractivity contribution in [3.8, 4) is 0 Å². The smallest absolute Gasteiger partial charge is 0.261 e. The van der Waals surface area contributed by atoms with Crippen molar-refractivity contribution in [2.45, 2.75) is 32.7 Å². The fraction of sp³-hybridized carbons (Fsp3) is 0.571. The second-order valence-electron chi connectivity index (χ2n) is 4.28. The lowest BCUT2D eigenvalue weighted by atomic mass is 10.0. The zero-order chi connectivity index (χ0) is 13.4. The molecule has 1 aromatic rings. The molecule has 0 aliphatic carbocycles. The lowest BCUT2D eigenvalue weighted by molar-refractivity contribution is 0.0144. The molecule has 2 nitrogen and oxygen atoms in total. The third-order valence-corrected chi connectivity index (χ3v) is 2.72. The first kappa shape index (κ1) is 15.1. The van der Waals surface area contributed by atoms with Gasteiger partial charge in [0, 0.05) is 12.6 Å². The average Bonchev–Trinajstić information content (AvgIpc) is 2.34. The first-order valence-electron chi connectivity index (χ1n) is 6.29. The van der Waals surface area contributed by atoms with Crippen LogP contribution in [-0.4, -0.2) is 26.2 Å². The van der Waals surface area contributed by atoms with Crippen LogP contribution in [0, 0.1) is 6.92 Å². The number of hydrogen-bond acceptors (Lipinski definition) is 2. The Morgan fingerprint density at radius 3 is 2.44 bits per heavy atom. The highest BCUT2D eigenvalue weighted by Gasteiger charge is 2.10. The van der Waals surface area contributed by atoms with Gasteiger partial charge in [-0.15, -0.1) is 0 Å². The number of nitrogens with one attached hydrogen (secondary N) is 1. The molecule has 0 aromatic heterocycles. The van der Waals surface area contributed by atoms with E-state index in [4.69, 9.17) is 4.74 Å². The summed E-state index contributed by atoms with van der Waals surface area (Å²) in [5, 5.41) is 3.34. The predicted octanol–water partition coefficient (Wildman–Crippen LogP) is 3.32. The van der Waals surface area contributed by atoms with Crippen molar-refractivity contribution in [2.75, 3.05) is 19.8 Å². The maximum Gasteiger partial charge on any atom is 0.261 e. The molecule has 0 radical (unpaired) electrons. The highest BCUT2D eigenvalue weighted by Crippen LogP contribution is 2.17. The van der Waals surface area contributed by atoms with Crippen molar-refractivity contribution in [1.29, 1.82) is 0 Å². The molecule has 1 atom stereocenters. The maximum absolute atomic E-state index is 11.9. The van der Waals surface area contributed by atoms with E-state index in [0.29, 0.717) is 13.0 Å². The molecule has 0 saturated heterocycles. The van der Waals surface area contributed by atoms with E-state index in [2.05, 4.69) is 29.6 Å². The minimum atomic E-state index is -2.39. The van der Waals surface area contributed by atoms with Gasteiger partial charge in [-0.2, -0.15) is 0 Å². The summed E-state index contributed by atoms with van der Waals surface area (Å²) in [5.41, 5.74) is 2.38. The topological polar surface area (TPSA) is 21.3 Å². The standard InChI is InChI=1S/C14H21F2NO/c1-3-17-13(8-9-18-10-14(15)16)12-6-4-11(2)5-7-12/h4-7,13-14,17H,3,8-10H2,1-2H3. The molecule has 0 heterocycles. The van der Waals surface area contributed by atoms with Crippen LogP contribution >= 0.6 is 0 Å². The van der Waals surface area contributed by atoms with Gasteiger partial charge in [0.05, 0.1) is 0 Å². The number of hydrogen-bond donors (Lipinski definition) is 1. The molecule has 4 heteroatoms. The van der Waals surface area contributed by atoms with E-state index in [9.17, 15) is 8.78 Å². The molecule has 18 heavy (non-hydrogen) atoms. The summed E-state index contributed by atoms with van der Waals surface area (Å²) < 4.78 is 28.8. The van der Waals surface area contributed by atoms with Gasteiger partial charge in [0.15, 0.2) is 0 Å². The summed E-state index contributed by atoms with van der Waals surface area (Å²) >= 11 is 0. The van der Waals surface area contributed by atoms with Gasteiger partial charge >= 0.3 is 0 Å². The lowest BCUT2D eigenvalue weighted by Gasteiger charge is -2.18. The normalized spacial score (nSPS) is 12.9. The Hall–Kier alpha value is -1.00. The molecule has 1 aromatic carbocycles. The fourth-order valence-electron chi connectivity index (χ4n) is 1.81. The Bertz CT molecular complexity index is 327. The number of alkyl halides is 2. The van der Waals surface area contributed by atoms with E-state index in [0.717, 1.165) is 6.54 Å². The Labute approximate surface area is 107 Å². The van der Waals surface area contributed by atoms with Gasteiger partial charge < -0.3 is 10.1 Å². The molecular formula is C14H21F2NO. The van der Waals surface area contributed by atoms with E-state index in [1.807, 2.05) is 13.8 Å². The molecule has 1 rings (SSSR count). The van der Waals surface area contributed by atoms with Crippen LogP contribution in [0.5, 0.6) is 0 Å². The van der Waals surface area contributed by atoms with Crippen molar-refractivity contribution in [3.05, 3.63) is 35.4 Å². The first-order valence-corrected chi connectivity index (χ1v) is 6.29.